The zero-order chi connectivity index (χ0) is 13.1. The second-order valence-corrected chi connectivity index (χ2v) is 5.61. The second-order valence-electron chi connectivity index (χ2n) is 4.69. The number of aromatic nitrogens is 2. The van der Waals surface area contributed by atoms with Gasteiger partial charge in [-0.05, 0) is 24.5 Å². The van der Waals surface area contributed by atoms with Crippen LogP contribution in [0, 0.1) is 5.92 Å². The van der Waals surface area contributed by atoms with Crippen molar-refractivity contribution in [3.05, 3.63) is 50.9 Å². The summed E-state index contributed by atoms with van der Waals surface area (Å²) in [5, 5.41) is 0. The molecule has 2 rings (SSSR count). The lowest BCUT2D eigenvalue weighted by Gasteiger charge is -2.06. The average molecular weight is 307 g/mol. The minimum atomic E-state index is -0.101. The standard InChI is InChI=1S/C14H15BrN2O/c1-9(2)6-12-8-13(18)17-14(16-12)10-4-3-5-11(15)7-10/h3-5,7-9H,6H2,1-2H3,(H,16,17,18). The molecule has 1 N–H and O–H groups in total. The van der Waals surface area contributed by atoms with Gasteiger partial charge in [-0.3, -0.25) is 4.79 Å². The van der Waals surface area contributed by atoms with Crippen LogP contribution in [0.2, 0.25) is 0 Å². The normalized spacial score (nSPS) is 10.9. The van der Waals surface area contributed by atoms with E-state index in [2.05, 4.69) is 39.7 Å². The molecule has 0 atom stereocenters. The molecule has 0 amide bonds. The average Bonchev–Trinajstić information content (AvgIpc) is 2.27. The van der Waals surface area contributed by atoms with E-state index in [1.165, 1.54) is 0 Å². The summed E-state index contributed by atoms with van der Waals surface area (Å²) in [6.45, 7) is 4.23. The van der Waals surface area contributed by atoms with E-state index in [0.717, 1.165) is 22.2 Å². The summed E-state index contributed by atoms with van der Waals surface area (Å²) in [5.74, 6) is 1.11. The molecule has 4 heteroatoms. The zero-order valence-corrected chi connectivity index (χ0v) is 12.0. The number of hydrogen-bond donors (Lipinski definition) is 1. The number of rotatable bonds is 3. The van der Waals surface area contributed by atoms with Crippen molar-refractivity contribution in [1.82, 2.24) is 9.97 Å². The Labute approximate surface area is 114 Å². The SMILES string of the molecule is CC(C)Cc1cc(=O)[nH]c(-c2cccc(Br)c2)n1. The second kappa shape index (κ2) is 5.48. The number of nitrogens with one attached hydrogen (secondary N) is 1. The maximum absolute atomic E-state index is 11.6. The van der Waals surface area contributed by atoms with Crippen LogP contribution in [0.4, 0.5) is 0 Å². The van der Waals surface area contributed by atoms with E-state index in [1.807, 2.05) is 24.3 Å². The van der Waals surface area contributed by atoms with Crippen molar-refractivity contribution in [2.45, 2.75) is 20.3 Å². The smallest absolute Gasteiger partial charge is 0.251 e. The molecule has 2 aromatic rings. The minimum Gasteiger partial charge on any atom is -0.307 e. The van der Waals surface area contributed by atoms with Crippen LogP contribution < -0.4 is 5.56 Å². The Hall–Kier alpha value is -1.42. The molecule has 0 bridgehead atoms. The van der Waals surface area contributed by atoms with Crippen molar-refractivity contribution in [3.63, 3.8) is 0 Å². The topological polar surface area (TPSA) is 45.8 Å². The van der Waals surface area contributed by atoms with Gasteiger partial charge < -0.3 is 4.98 Å². The van der Waals surface area contributed by atoms with Gasteiger partial charge in [0.05, 0.1) is 0 Å². The molecular formula is C14H15BrN2O. The van der Waals surface area contributed by atoms with Gasteiger partial charge in [0, 0.05) is 21.8 Å². The number of halogens is 1. The molecule has 0 unspecified atom stereocenters. The lowest BCUT2D eigenvalue weighted by molar-refractivity contribution is 0.634. The maximum atomic E-state index is 11.6. The quantitative estimate of drug-likeness (QED) is 0.944. The third kappa shape index (κ3) is 3.29. The fourth-order valence-electron chi connectivity index (χ4n) is 1.80. The fourth-order valence-corrected chi connectivity index (χ4v) is 2.20. The van der Waals surface area contributed by atoms with Crippen molar-refractivity contribution >= 4 is 15.9 Å². The number of nitrogens with zero attached hydrogens (tertiary/aromatic N) is 1. The first kappa shape index (κ1) is 13.0. The van der Waals surface area contributed by atoms with E-state index in [-0.39, 0.29) is 5.56 Å². The van der Waals surface area contributed by atoms with Crippen LogP contribution >= 0.6 is 15.9 Å². The lowest BCUT2D eigenvalue weighted by Crippen LogP contribution is -2.11. The summed E-state index contributed by atoms with van der Waals surface area (Å²) in [7, 11) is 0. The van der Waals surface area contributed by atoms with Crippen molar-refractivity contribution in [3.8, 4) is 11.4 Å². The molecule has 0 spiro atoms. The van der Waals surface area contributed by atoms with Crippen LogP contribution in [0.25, 0.3) is 11.4 Å². The summed E-state index contributed by atoms with van der Waals surface area (Å²) in [5.41, 5.74) is 1.64. The number of hydrogen-bond acceptors (Lipinski definition) is 2. The first-order chi connectivity index (χ1) is 8.54. The Balaban J connectivity index is 2.45. The van der Waals surface area contributed by atoms with Gasteiger partial charge in [-0.2, -0.15) is 0 Å². The number of benzene rings is 1. The zero-order valence-electron chi connectivity index (χ0n) is 10.4. The molecule has 1 heterocycles. The van der Waals surface area contributed by atoms with Crippen molar-refractivity contribution < 1.29 is 0 Å². The van der Waals surface area contributed by atoms with Gasteiger partial charge in [-0.25, -0.2) is 4.98 Å². The third-order valence-corrected chi connectivity index (χ3v) is 3.00. The van der Waals surface area contributed by atoms with Gasteiger partial charge in [-0.15, -0.1) is 0 Å². The fraction of sp³-hybridized carbons (Fsp3) is 0.286. The van der Waals surface area contributed by atoms with Gasteiger partial charge >= 0.3 is 0 Å². The van der Waals surface area contributed by atoms with Crippen LogP contribution in [-0.4, -0.2) is 9.97 Å². The highest BCUT2D eigenvalue weighted by Gasteiger charge is 2.06. The molecule has 0 aliphatic heterocycles. The first-order valence-corrected chi connectivity index (χ1v) is 6.70. The molecule has 1 aromatic carbocycles. The molecular weight excluding hydrogens is 292 g/mol. The van der Waals surface area contributed by atoms with E-state index < -0.39 is 0 Å². The predicted octanol–water partition coefficient (Wildman–Crippen LogP) is 3.40. The van der Waals surface area contributed by atoms with Crippen LogP contribution in [0.15, 0.2) is 39.6 Å². The number of aromatic amines is 1. The predicted molar refractivity (Wildman–Crippen MR) is 76.5 cm³/mol. The van der Waals surface area contributed by atoms with Crippen LogP contribution in [0.5, 0.6) is 0 Å². The van der Waals surface area contributed by atoms with Crippen molar-refractivity contribution in [2.24, 2.45) is 5.92 Å². The summed E-state index contributed by atoms with van der Waals surface area (Å²) < 4.78 is 0.969. The van der Waals surface area contributed by atoms with E-state index in [1.54, 1.807) is 6.07 Å². The van der Waals surface area contributed by atoms with Gasteiger partial charge in [0.15, 0.2) is 0 Å². The van der Waals surface area contributed by atoms with Gasteiger partial charge in [0.25, 0.3) is 5.56 Å². The Morgan fingerprint density at radius 3 is 2.78 bits per heavy atom. The van der Waals surface area contributed by atoms with E-state index in [4.69, 9.17) is 0 Å². The van der Waals surface area contributed by atoms with Gasteiger partial charge in [0.1, 0.15) is 5.82 Å². The summed E-state index contributed by atoms with van der Waals surface area (Å²) >= 11 is 3.42. The Morgan fingerprint density at radius 2 is 2.11 bits per heavy atom. The monoisotopic (exact) mass is 306 g/mol. The van der Waals surface area contributed by atoms with Crippen LogP contribution in [0.3, 0.4) is 0 Å². The number of H-pyrrole nitrogens is 1. The molecule has 94 valence electrons. The molecule has 1 aromatic heterocycles. The Bertz CT molecular complexity index is 605. The first-order valence-electron chi connectivity index (χ1n) is 5.91. The maximum Gasteiger partial charge on any atom is 0.251 e. The molecule has 0 fully saturated rings. The lowest BCUT2D eigenvalue weighted by atomic mass is 10.1. The highest BCUT2D eigenvalue weighted by Crippen LogP contribution is 2.19. The molecule has 3 nitrogen and oxygen atoms in total. The summed E-state index contributed by atoms with van der Waals surface area (Å²) in [6, 6.07) is 9.31. The van der Waals surface area contributed by atoms with Crippen molar-refractivity contribution in [1.29, 1.82) is 0 Å². The molecule has 0 saturated heterocycles. The summed E-state index contributed by atoms with van der Waals surface area (Å²) in [4.78, 5) is 18.9. The van der Waals surface area contributed by atoms with Crippen LogP contribution in [0.1, 0.15) is 19.5 Å². The molecule has 0 aliphatic rings. The third-order valence-electron chi connectivity index (χ3n) is 2.51. The minimum absolute atomic E-state index is 0.101. The highest BCUT2D eigenvalue weighted by molar-refractivity contribution is 9.10. The molecule has 0 saturated carbocycles. The molecule has 18 heavy (non-hydrogen) atoms. The van der Waals surface area contributed by atoms with E-state index in [9.17, 15) is 4.79 Å². The van der Waals surface area contributed by atoms with Crippen molar-refractivity contribution in [2.75, 3.05) is 0 Å². The van der Waals surface area contributed by atoms with Gasteiger partial charge in [-0.1, -0.05) is 41.9 Å². The largest absolute Gasteiger partial charge is 0.307 e. The molecule has 0 radical (unpaired) electrons. The van der Waals surface area contributed by atoms with E-state index in [0.29, 0.717) is 11.7 Å². The molecule has 0 aliphatic carbocycles. The summed E-state index contributed by atoms with van der Waals surface area (Å²) in [6.07, 6.45) is 0.810. The van der Waals surface area contributed by atoms with Gasteiger partial charge in [0.2, 0.25) is 0 Å². The highest BCUT2D eigenvalue weighted by atomic mass is 79.9. The Morgan fingerprint density at radius 1 is 1.33 bits per heavy atom. The van der Waals surface area contributed by atoms with Crippen LogP contribution in [-0.2, 0) is 6.42 Å². The Kier molecular flexibility index (Phi) is 3.97. The van der Waals surface area contributed by atoms with E-state index >= 15 is 0 Å².